The number of hydrogen-bond donors (Lipinski definition) is 0. The largest absolute Gasteiger partial charge is 0.376 e. The average Bonchev–Trinajstić information content (AvgIpc) is 3.29. The SMILES string of the molecule is Cc1ccsc1C(=O)N1CC[C@@H]2CO[C@@H](CN3CCCC3)[C@@H]2C1. The van der Waals surface area contributed by atoms with Crippen molar-refractivity contribution in [3.8, 4) is 0 Å². The summed E-state index contributed by atoms with van der Waals surface area (Å²) in [5.74, 6) is 1.40. The maximum absolute atomic E-state index is 12.8. The van der Waals surface area contributed by atoms with Crippen molar-refractivity contribution in [2.75, 3.05) is 39.3 Å². The Morgan fingerprint density at radius 2 is 2.17 bits per heavy atom. The van der Waals surface area contributed by atoms with E-state index in [4.69, 9.17) is 4.74 Å². The van der Waals surface area contributed by atoms with Crippen molar-refractivity contribution >= 4 is 17.2 Å². The van der Waals surface area contributed by atoms with Gasteiger partial charge in [0.1, 0.15) is 0 Å². The molecule has 0 saturated carbocycles. The Morgan fingerprint density at radius 3 is 2.91 bits per heavy atom. The molecule has 0 bridgehead atoms. The van der Waals surface area contributed by atoms with Crippen LogP contribution in [-0.2, 0) is 4.74 Å². The quantitative estimate of drug-likeness (QED) is 0.852. The van der Waals surface area contributed by atoms with Crippen LogP contribution in [0.5, 0.6) is 0 Å². The molecule has 3 fully saturated rings. The Labute approximate surface area is 142 Å². The van der Waals surface area contributed by atoms with E-state index in [-0.39, 0.29) is 5.91 Å². The normalized spacial score (nSPS) is 31.5. The molecule has 4 heterocycles. The van der Waals surface area contributed by atoms with Gasteiger partial charge < -0.3 is 14.5 Å². The molecule has 0 unspecified atom stereocenters. The number of hydrogen-bond acceptors (Lipinski definition) is 4. The van der Waals surface area contributed by atoms with Crippen molar-refractivity contribution in [3.05, 3.63) is 21.9 Å². The van der Waals surface area contributed by atoms with Gasteiger partial charge in [0.2, 0.25) is 0 Å². The van der Waals surface area contributed by atoms with E-state index < -0.39 is 0 Å². The van der Waals surface area contributed by atoms with Gasteiger partial charge in [0.15, 0.2) is 0 Å². The number of fused-ring (bicyclic) bond motifs is 1. The minimum atomic E-state index is 0.225. The predicted octanol–water partition coefficient (Wildman–Crippen LogP) is 2.63. The number of piperidine rings is 1. The first-order chi connectivity index (χ1) is 11.2. The Kier molecular flexibility index (Phi) is 4.43. The molecule has 3 aliphatic heterocycles. The zero-order chi connectivity index (χ0) is 15.8. The fourth-order valence-corrected chi connectivity index (χ4v) is 5.25. The highest BCUT2D eigenvalue weighted by Gasteiger charge is 2.42. The van der Waals surface area contributed by atoms with Crippen LogP contribution in [0.2, 0.25) is 0 Å². The fourth-order valence-electron chi connectivity index (χ4n) is 4.36. The summed E-state index contributed by atoms with van der Waals surface area (Å²) in [6.45, 7) is 8.18. The van der Waals surface area contributed by atoms with Crippen LogP contribution in [0.4, 0.5) is 0 Å². The third kappa shape index (κ3) is 3.06. The van der Waals surface area contributed by atoms with Gasteiger partial charge in [-0.15, -0.1) is 11.3 Å². The van der Waals surface area contributed by atoms with Crippen LogP contribution in [0.15, 0.2) is 11.4 Å². The number of aryl methyl sites for hydroxylation is 1. The Bertz CT molecular complexity index is 567. The number of carbonyl (C=O) groups excluding carboxylic acids is 1. The van der Waals surface area contributed by atoms with E-state index in [1.165, 1.54) is 25.9 Å². The standard InChI is InChI=1S/C18H26N2O2S/c1-13-5-9-23-17(13)18(21)20-8-4-14-12-22-16(15(14)10-20)11-19-6-2-3-7-19/h5,9,14-16H,2-4,6-8,10-12H2,1H3/t14-,15-,16+/m1/s1. The molecule has 1 aromatic rings. The highest BCUT2D eigenvalue weighted by Crippen LogP contribution is 2.36. The van der Waals surface area contributed by atoms with Gasteiger partial charge in [0.25, 0.3) is 5.91 Å². The van der Waals surface area contributed by atoms with Crippen LogP contribution in [-0.4, -0.2) is 61.1 Å². The molecule has 0 N–H and O–H groups in total. The van der Waals surface area contributed by atoms with Gasteiger partial charge in [-0.2, -0.15) is 0 Å². The molecular weight excluding hydrogens is 308 g/mol. The predicted molar refractivity (Wildman–Crippen MR) is 92.0 cm³/mol. The second kappa shape index (κ2) is 6.54. The van der Waals surface area contributed by atoms with Crippen molar-refractivity contribution in [2.45, 2.75) is 32.3 Å². The first kappa shape index (κ1) is 15.6. The molecule has 3 saturated heterocycles. The average molecular weight is 334 g/mol. The molecule has 23 heavy (non-hydrogen) atoms. The summed E-state index contributed by atoms with van der Waals surface area (Å²) < 4.78 is 6.13. The lowest BCUT2D eigenvalue weighted by Crippen LogP contribution is -2.47. The molecule has 1 aromatic heterocycles. The van der Waals surface area contributed by atoms with E-state index in [1.54, 1.807) is 11.3 Å². The second-order valence-electron chi connectivity index (χ2n) is 7.28. The first-order valence-electron chi connectivity index (χ1n) is 8.89. The lowest BCUT2D eigenvalue weighted by atomic mass is 9.84. The minimum absolute atomic E-state index is 0.225. The first-order valence-corrected chi connectivity index (χ1v) is 9.77. The van der Waals surface area contributed by atoms with Gasteiger partial charge in [0.05, 0.1) is 17.6 Å². The number of amides is 1. The van der Waals surface area contributed by atoms with Crippen LogP contribution >= 0.6 is 11.3 Å². The maximum atomic E-state index is 12.8. The summed E-state index contributed by atoms with van der Waals surface area (Å²) in [6.07, 6.45) is 4.06. The van der Waals surface area contributed by atoms with E-state index in [0.29, 0.717) is 17.9 Å². The van der Waals surface area contributed by atoms with Crippen molar-refractivity contribution in [2.24, 2.45) is 11.8 Å². The zero-order valence-corrected chi connectivity index (χ0v) is 14.7. The van der Waals surface area contributed by atoms with E-state index in [2.05, 4.69) is 9.80 Å². The number of ether oxygens (including phenoxy) is 1. The molecule has 1 amide bonds. The summed E-state index contributed by atoms with van der Waals surface area (Å²) in [5.41, 5.74) is 1.11. The van der Waals surface area contributed by atoms with Crippen molar-refractivity contribution in [1.82, 2.24) is 9.80 Å². The molecule has 4 rings (SSSR count). The third-order valence-corrected chi connectivity index (χ3v) is 6.79. The summed E-state index contributed by atoms with van der Waals surface area (Å²) >= 11 is 1.57. The van der Waals surface area contributed by atoms with Crippen molar-refractivity contribution in [3.63, 3.8) is 0 Å². The number of likely N-dealkylation sites (tertiary alicyclic amines) is 2. The zero-order valence-electron chi connectivity index (χ0n) is 13.9. The molecule has 0 aliphatic carbocycles. The molecule has 3 atom stereocenters. The number of carbonyl (C=O) groups is 1. The van der Waals surface area contributed by atoms with Crippen LogP contribution in [0, 0.1) is 18.8 Å². The van der Waals surface area contributed by atoms with Crippen LogP contribution < -0.4 is 0 Å². The molecule has 126 valence electrons. The number of rotatable bonds is 3. The van der Waals surface area contributed by atoms with Crippen LogP contribution in [0.25, 0.3) is 0 Å². The van der Waals surface area contributed by atoms with Gasteiger partial charge in [-0.25, -0.2) is 0 Å². The van der Waals surface area contributed by atoms with Crippen molar-refractivity contribution < 1.29 is 9.53 Å². The highest BCUT2D eigenvalue weighted by atomic mass is 32.1. The fraction of sp³-hybridized carbons (Fsp3) is 0.722. The summed E-state index contributed by atoms with van der Waals surface area (Å²) in [4.78, 5) is 18.3. The van der Waals surface area contributed by atoms with Gasteiger partial charge in [0, 0.05) is 25.6 Å². The third-order valence-electron chi connectivity index (χ3n) is 5.79. The smallest absolute Gasteiger partial charge is 0.264 e. The number of thiophene rings is 1. The minimum Gasteiger partial charge on any atom is -0.376 e. The Balaban J connectivity index is 1.43. The van der Waals surface area contributed by atoms with Crippen LogP contribution in [0.1, 0.15) is 34.5 Å². The second-order valence-corrected chi connectivity index (χ2v) is 8.19. The summed E-state index contributed by atoms with van der Waals surface area (Å²) in [6, 6.07) is 2.04. The van der Waals surface area contributed by atoms with Crippen LogP contribution in [0.3, 0.4) is 0 Å². The van der Waals surface area contributed by atoms with Gasteiger partial charge in [-0.1, -0.05) is 0 Å². The van der Waals surface area contributed by atoms with Gasteiger partial charge in [-0.05, 0) is 62.2 Å². The topological polar surface area (TPSA) is 32.8 Å². The molecule has 0 spiro atoms. The molecule has 0 aromatic carbocycles. The molecule has 3 aliphatic rings. The van der Waals surface area contributed by atoms with E-state index in [0.717, 1.165) is 43.1 Å². The van der Waals surface area contributed by atoms with Gasteiger partial charge >= 0.3 is 0 Å². The highest BCUT2D eigenvalue weighted by molar-refractivity contribution is 7.12. The molecule has 4 nitrogen and oxygen atoms in total. The molecule has 5 heteroatoms. The summed E-state index contributed by atoms with van der Waals surface area (Å²) in [7, 11) is 0. The lowest BCUT2D eigenvalue weighted by molar-refractivity contribution is 0.0438. The summed E-state index contributed by atoms with van der Waals surface area (Å²) in [5, 5.41) is 2.02. The van der Waals surface area contributed by atoms with Crippen molar-refractivity contribution in [1.29, 1.82) is 0 Å². The lowest BCUT2D eigenvalue weighted by Gasteiger charge is -2.36. The maximum Gasteiger partial charge on any atom is 0.264 e. The van der Waals surface area contributed by atoms with Gasteiger partial charge in [-0.3, -0.25) is 4.79 Å². The van der Waals surface area contributed by atoms with E-state index >= 15 is 0 Å². The Hall–Kier alpha value is -0.910. The molecule has 0 radical (unpaired) electrons. The monoisotopic (exact) mass is 334 g/mol. The molecular formula is C18H26N2O2S. The number of nitrogens with zero attached hydrogens (tertiary/aromatic N) is 2. The Morgan fingerprint density at radius 1 is 1.35 bits per heavy atom. The van der Waals surface area contributed by atoms with E-state index in [1.807, 2.05) is 18.4 Å². The van der Waals surface area contributed by atoms with E-state index in [9.17, 15) is 4.79 Å².